The first-order chi connectivity index (χ1) is 7.29. The molecule has 0 bridgehead atoms. The maximum atomic E-state index is 11.8. The highest BCUT2D eigenvalue weighted by Crippen LogP contribution is 2.20. The molecule has 0 unspecified atom stereocenters. The van der Waals surface area contributed by atoms with E-state index in [0.29, 0.717) is 0 Å². The average molecular weight is 242 g/mol. The predicted octanol–water partition coefficient (Wildman–Crippen LogP) is 1.21. The molecule has 1 atom stereocenters. The van der Waals surface area contributed by atoms with Gasteiger partial charge in [0.15, 0.2) is 5.16 Å². The van der Waals surface area contributed by atoms with Gasteiger partial charge in [0, 0.05) is 12.6 Å². The van der Waals surface area contributed by atoms with Gasteiger partial charge in [0.1, 0.15) is 6.33 Å². The van der Waals surface area contributed by atoms with Crippen LogP contribution in [0.25, 0.3) is 0 Å². The lowest BCUT2D eigenvalue weighted by molar-refractivity contribution is -0.121. The molecule has 1 amide bonds. The van der Waals surface area contributed by atoms with E-state index in [1.54, 1.807) is 4.68 Å². The molecule has 5 nitrogen and oxygen atoms in total. The second-order valence-corrected chi connectivity index (χ2v) is 5.97. The molecule has 6 heteroatoms. The molecule has 0 saturated heterocycles. The number of carbonyl (C=O) groups is 1. The van der Waals surface area contributed by atoms with Crippen LogP contribution in [0, 0.1) is 0 Å². The van der Waals surface area contributed by atoms with Crippen LogP contribution in [0.4, 0.5) is 0 Å². The standard InChI is InChI=1S/C10H18N4OS/c1-7(8(15)13-10(2,3)4)16-9-11-6-12-14(9)5/h6-7H,1-5H3,(H,13,15)/t7-/m0/s1. The van der Waals surface area contributed by atoms with E-state index in [0.717, 1.165) is 5.16 Å². The van der Waals surface area contributed by atoms with Crippen LogP contribution in [-0.2, 0) is 11.8 Å². The Morgan fingerprint density at radius 2 is 2.19 bits per heavy atom. The third-order valence-electron chi connectivity index (χ3n) is 1.82. The van der Waals surface area contributed by atoms with Gasteiger partial charge in [-0.25, -0.2) is 9.67 Å². The minimum absolute atomic E-state index is 0.0144. The van der Waals surface area contributed by atoms with Crippen LogP contribution in [0.1, 0.15) is 27.7 Å². The Balaban J connectivity index is 2.56. The van der Waals surface area contributed by atoms with E-state index >= 15 is 0 Å². The second kappa shape index (κ2) is 4.86. The second-order valence-electron chi connectivity index (χ2n) is 4.67. The molecular formula is C10H18N4OS. The highest BCUT2D eigenvalue weighted by Gasteiger charge is 2.21. The zero-order valence-electron chi connectivity index (χ0n) is 10.3. The lowest BCUT2D eigenvalue weighted by Gasteiger charge is -2.22. The summed E-state index contributed by atoms with van der Waals surface area (Å²) in [5.74, 6) is 0.0144. The summed E-state index contributed by atoms with van der Waals surface area (Å²) in [6.07, 6.45) is 1.48. The monoisotopic (exact) mass is 242 g/mol. The first-order valence-electron chi connectivity index (χ1n) is 5.12. The lowest BCUT2D eigenvalue weighted by Crippen LogP contribution is -2.44. The van der Waals surface area contributed by atoms with Gasteiger partial charge >= 0.3 is 0 Å². The summed E-state index contributed by atoms with van der Waals surface area (Å²) in [5.41, 5.74) is -0.203. The largest absolute Gasteiger partial charge is 0.351 e. The van der Waals surface area contributed by atoms with Crippen LogP contribution in [0.3, 0.4) is 0 Å². The number of nitrogens with zero attached hydrogens (tertiary/aromatic N) is 3. The van der Waals surface area contributed by atoms with E-state index < -0.39 is 0 Å². The van der Waals surface area contributed by atoms with Crippen molar-refractivity contribution in [2.45, 2.75) is 43.6 Å². The van der Waals surface area contributed by atoms with E-state index in [2.05, 4.69) is 15.4 Å². The molecular weight excluding hydrogens is 224 g/mol. The summed E-state index contributed by atoms with van der Waals surface area (Å²) in [6, 6.07) is 0. The highest BCUT2D eigenvalue weighted by atomic mass is 32.2. The Labute approximate surface area is 100 Å². The summed E-state index contributed by atoms with van der Waals surface area (Å²) in [7, 11) is 1.81. The van der Waals surface area contributed by atoms with Gasteiger partial charge in [-0.3, -0.25) is 4.79 Å². The highest BCUT2D eigenvalue weighted by molar-refractivity contribution is 8.00. The quantitative estimate of drug-likeness (QED) is 0.809. The van der Waals surface area contributed by atoms with Crippen LogP contribution in [-0.4, -0.2) is 31.5 Å². The molecule has 1 heterocycles. The number of rotatable bonds is 3. The molecule has 1 N–H and O–H groups in total. The fourth-order valence-electron chi connectivity index (χ4n) is 1.08. The van der Waals surface area contributed by atoms with Crippen molar-refractivity contribution in [2.24, 2.45) is 7.05 Å². The van der Waals surface area contributed by atoms with Crippen molar-refractivity contribution < 1.29 is 4.79 Å². The average Bonchev–Trinajstić information content (AvgIpc) is 2.49. The first kappa shape index (κ1) is 13.0. The number of hydrogen-bond donors (Lipinski definition) is 1. The molecule has 0 aliphatic carbocycles. The van der Waals surface area contributed by atoms with Crippen LogP contribution < -0.4 is 5.32 Å². The molecule has 0 aromatic carbocycles. The number of carbonyl (C=O) groups excluding carboxylic acids is 1. The first-order valence-corrected chi connectivity index (χ1v) is 6.00. The third kappa shape index (κ3) is 3.84. The number of hydrogen-bond acceptors (Lipinski definition) is 4. The maximum Gasteiger partial charge on any atom is 0.233 e. The van der Waals surface area contributed by atoms with Crippen LogP contribution in [0.15, 0.2) is 11.5 Å². The van der Waals surface area contributed by atoms with Crippen molar-refractivity contribution in [2.75, 3.05) is 0 Å². The van der Waals surface area contributed by atoms with Crippen LogP contribution >= 0.6 is 11.8 Å². The number of aryl methyl sites for hydroxylation is 1. The van der Waals surface area contributed by atoms with E-state index in [-0.39, 0.29) is 16.7 Å². The molecule has 0 aliphatic heterocycles. The molecule has 0 spiro atoms. The Morgan fingerprint density at radius 1 is 1.56 bits per heavy atom. The van der Waals surface area contributed by atoms with Gasteiger partial charge in [0.05, 0.1) is 5.25 Å². The van der Waals surface area contributed by atoms with Gasteiger partial charge in [0.2, 0.25) is 5.91 Å². The van der Waals surface area contributed by atoms with E-state index in [1.807, 2.05) is 34.7 Å². The van der Waals surface area contributed by atoms with Gasteiger partial charge < -0.3 is 5.32 Å². The van der Waals surface area contributed by atoms with Crippen molar-refractivity contribution in [1.82, 2.24) is 20.1 Å². The predicted molar refractivity (Wildman–Crippen MR) is 64.2 cm³/mol. The molecule has 1 aromatic rings. The van der Waals surface area contributed by atoms with Gasteiger partial charge in [0.25, 0.3) is 0 Å². The van der Waals surface area contributed by atoms with Crippen molar-refractivity contribution in [1.29, 1.82) is 0 Å². The van der Waals surface area contributed by atoms with E-state index in [4.69, 9.17) is 0 Å². The van der Waals surface area contributed by atoms with Gasteiger partial charge in [-0.2, -0.15) is 5.10 Å². The minimum Gasteiger partial charge on any atom is -0.351 e. The molecule has 16 heavy (non-hydrogen) atoms. The molecule has 1 aromatic heterocycles. The summed E-state index contributed by atoms with van der Waals surface area (Å²) in [6.45, 7) is 7.75. The van der Waals surface area contributed by atoms with Gasteiger partial charge in [-0.1, -0.05) is 11.8 Å². The van der Waals surface area contributed by atoms with Gasteiger partial charge in [-0.15, -0.1) is 0 Å². The lowest BCUT2D eigenvalue weighted by atomic mass is 10.1. The maximum absolute atomic E-state index is 11.8. The van der Waals surface area contributed by atoms with E-state index in [1.165, 1.54) is 18.1 Å². The minimum atomic E-state index is -0.203. The topological polar surface area (TPSA) is 59.8 Å². The van der Waals surface area contributed by atoms with Crippen LogP contribution in [0.2, 0.25) is 0 Å². The molecule has 0 radical (unpaired) electrons. The number of amides is 1. The molecule has 0 fully saturated rings. The van der Waals surface area contributed by atoms with Crippen LogP contribution in [0.5, 0.6) is 0 Å². The number of thioether (sulfide) groups is 1. The molecule has 90 valence electrons. The molecule has 0 saturated carbocycles. The molecule has 1 rings (SSSR count). The number of aromatic nitrogens is 3. The Bertz CT molecular complexity index is 369. The van der Waals surface area contributed by atoms with Gasteiger partial charge in [-0.05, 0) is 27.7 Å². The summed E-state index contributed by atoms with van der Waals surface area (Å²) in [4.78, 5) is 15.9. The fraction of sp³-hybridized carbons (Fsp3) is 0.700. The zero-order chi connectivity index (χ0) is 12.3. The normalized spacial score (nSPS) is 13.6. The Kier molecular flexibility index (Phi) is 3.96. The van der Waals surface area contributed by atoms with E-state index in [9.17, 15) is 4.79 Å². The summed E-state index contributed by atoms with van der Waals surface area (Å²) >= 11 is 1.40. The SMILES string of the molecule is C[C@H](Sc1ncnn1C)C(=O)NC(C)(C)C. The zero-order valence-corrected chi connectivity index (χ0v) is 11.1. The third-order valence-corrected chi connectivity index (χ3v) is 2.97. The summed E-state index contributed by atoms with van der Waals surface area (Å²) < 4.78 is 1.66. The fourth-order valence-corrected chi connectivity index (χ4v) is 1.87. The summed E-state index contributed by atoms with van der Waals surface area (Å²) in [5, 5.41) is 7.46. The number of nitrogens with one attached hydrogen (secondary N) is 1. The van der Waals surface area contributed by atoms with Crippen molar-refractivity contribution >= 4 is 17.7 Å². The Morgan fingerprint density at radius 3 is 2.62 bits per heavy atom. The van der Waals surface area contributed by atoms with Crippen molar-refractivity contribution in [3.63, 3.8) is 0 Å². The Hall–Kier alpha value is -1.04. The molecule has 0 aliphatic rings. The smallest absolute Gasteiger partial charge is 0.233 e. The van der Waals surface area contributed by atoms with Crippen molar-refractivity contribution in [3.8, 4) is 0 Å². The van der Waals surface area contributed by atoms with Crippen molar-refractivity contribution in [3.05, 3.63) is 6.33 Å².